The summed E-state index contributed by atoms with van der Waals surface area (Å²) >= 11 is 14.6. The number of hydrogen-bond acceptors (Lipinski definition) is 22. The molecule has 0 radical (unpaired) electrons. The Morgan fingerprint density at radius 2 is 1.06 bits per heavy atom. The van der Waals surface area contributed by atoms with Gasteiger partial charge in [-0.15, -0.1) is 0 Å². The first-order valence-corrected chi connectivity index (χ1v) is 23.0. The van der Waals surface area contributed by atoms with E-state index in [2.05, 4.69) is 41.7 Å². The Bertz CT molecular complexity index is 1980. The molecule has 6 rings (SSSR count). The van der Waals surface area contributed by atoms with Crippen LogP contribution in [0.1, 0.15) is 12.5 Å². The van der Waals surface area contributed by atoms with Crippen LogP contribution in [-0.4, -0.2) is 148 Å². The fourth-order valence-corrected chi connectivity index (χ4v) is 8.51. The zero-order valence-electron chi connectivity index (χ0n) is 27.1. The van der Waals surface area contributed by atoms with E-state index in [1.807, 2.05) is 0 Å². The topological polar surface area (TPSA) is 366 Å². The summed E-state index contributed by atoms with van der Waals surface area (Å²) in [6, 6.07) is 0. The molecule has 4 aromatic rings. The summed E-state index contributed by atoms with van der Waals surface area (Å²) in [5, 5.41) is 42.5. The van der Waals surface area contributed by atoms with Gasteiger partial charge in [0, 0.05) is 0 Å². The molecule has 54 heavy (non-hydrogen) atoms. The van der Waals surface area contributed by atoms with Gasteiger partial charge in [-0.05, 0) is 35.4 Å². The van der Waals surface area contributed by atoms with E-state index < -0.39 is 102 Å². The van der Waals surface area contributed by atoms with E-state index in [0.29, 0.717) is 0 Å². The van der Waals surface area contributed by atoms with Crippen LogP contribution in [0.3, 0.4) is 0 Å². The quantitative estimate of drug-likeness (QED) is 0.0507. The largest absolute Gasteiger partial charge is 0.387 e. The lowest BCUT2D eigenvalue weighted by Crippen LogP contribution is -2.34. The Morgan fingerprint density at radius 1 is 0.648 bits per heavy atom. The molecular formula is C23H33N10O15P3S3. The highest BCUT2D eigenvalue weighted by Crippen LogP contribution is 2.49. The molecule has 0 aromatic carbocycles. The van der Waals surface area contributed by atoms with Gasteiger partial charge in [0.05, 0.1) is 39.1 Å². The predicted molar refractivity (Wildman–Crippen MR) is 192 cm³/mol. The van der Waals surface area contributed by atoms with Gasteiger partial charge < -0.3 is 83.6 Å². The fourth-order valence-electron chi connectivity index (χ4n) is 5.37. The van der Waals surface area contributed by atoms with Crippen molar-refractivity contribution in [3.63, 3.8) is 0 Å². The minimum absolute atomic E-state index is 0.0823. The summed E-state index contributed by atoms with van der Waals surface area (Å²) in [5.74, 6) is 0.165. The smallest absolute Gasteiger partial charge is 0.324 e. The molecule has 0 bridgehead atoms. The van der Waals surface area contributed by atoms with E-state index in [1.165, 1.54) is 34.4 Å². The van der Waals surface area contributed by atoms with Crippen LogP contribution in [0.2, 0.25) is 0 Å². The highest BCUT2D eigenvalue weighted by atomic mass is 32.5. The van der Waals surface area contributed by atoms with Gasteiger partial charge in [-0.3, -0.25) is 9.13 Å². The Morgan fingerprint density at radius 3 is 1.44 bits per heavy atom. The molecule has 25 nitrogen and oxygen atoms in total. The van der Waals surface area contributed by atoms with Gasteiger partial charge in [-0.2, -0.15) is 0 Å². The normalized spacial score (nSPS) is 29.1. The first kappa shape index (κ1) is 41.7. The maximum absolute atomic E-state index is 10.7. The number of aromatic nitrogens is 8. The number of aliphatic hydroxyl groups is 4. The number of ether oxygens (including phenoxy) is 2. The Labute approximate surface area is 318 Å². The first-order valence-electron chi connectivity index (χ1n) is 15.2. The molecule has 12 N–H and O–H groups in total. The number of imidazole rings is 2. The predicted octanol–water partition coefficient (Wildman–Crippen LogP) is -2.84. The minimum atomic E-state index is -4.41. The lowest BCUT2D eigenvalue weighted by atomic mass is 10.1. The third-order valence-electron chi connectivity index (χ3n) is 7.93. The Hall–Kier alpha value is -1.95. The van der Waals surface area contributed by atoms with E-state index in [4.69, 9.17) is 67.2 Å². The molecule has 0 spiro atoms. The van der Waals surface area contributed by atoms with Gasteiger partial charge in [-0.1, -0.05) is 0 Å². The van der Waals surface area contributed by atoms with Crippen LogP contribution in [0.25, 0.3) is 22.3 Å². The zero-order chi connectivity index (χ0) is 39.2. The standard InChI is InChI=1S/C23H33N10O15P3S3/c24-18-12-20(28-5-26-18)32(7-30-12)22-16(36)14(34)10(46-22)3-44-50(40,53)42-1-9(48-49(38,39)52)2-43-51(41,54)45-4-11-15(35)17(37)23(47-11)33-8-31-13-19(25)27-6-29-21(13)33/h5-11,14-17,22-23,34-37H,1-4H2,(H,40,53)(H,41,54)(H2,24,26,28)(H2,25,27,29)(H2,38,39,52). The molecule has 0 amide bonds. The lowest BCUT2D eigenvalue weighted by Gasteiger charge is -2.25. The second-order valence-electron chi connectivity index (χ2n) is 11.6. The van der Waals surface area contributed by atoms with Crippen LogP contribution in [0.15, 0.2) is 25.3 Å². The van der Waals surface area contributed by atoms with Crippen LogP contribution < -0.4 is 11.5 Å². The molecule has 298 valence electrons. The number of aliphatic hydroxyl groups excluding tert-OH is 4. The van der Waals surface area contributed by atoms with Crippen molar-refractivity contribution < 1.29 is 72.1 Å². The molecule has 0 aliphatic carbocycles. The lowest BCUT2D eigenvalue weighted by molar-refractivity contribution is -0.0510. The summed E-state index contributed by atoms with van der Waals surface area (Å²) in [6.07, 6.45) is -7.51. The fraction of sp³-hybridized carbons (Fsp3) is 0.565. The van der Waals surface area contributed by atoms with E-state index in [1.54, 1.807) is 0 Å². The molecule has 10 unspecified atom stereocenters. The van der Waals surface area contributed by atoms with E-state index in [-0.39, 0.29) is 34.0 Å². The van der Waals surface area contributed by atoms with Crippen molar-refractivity contribution in [2.24, 2.45) is 0 Å². The van der Waals surface area contributed by atoms with Crippen molar-refractivity contribution in [1.82, 2.24) is 39.0 Å². The van der Waals surface area contributed by atoms with Crippen LogP contribution in [0, 0.1) is 0 Å². The maximum atomic E-state index is 10.7. The third-order valence-corrected chi connectivity index (χ3v) is 11.9. The third kappa shape index (κ3) is 9.42. The SMILES string of the molecule is Nc1ncnc2c1ncn2C1OC(COP(O)(=S)OCC(COP(O)(=S)OCC2OC(n3cnc4c(N)ncnc43)C(O)C2O)OP(O)(O)=S)C(O)C1O. The zero-order valence-corrected chi connectivity index (χ0v) is 32.2. The highest BCUT2D eigenvalue weighted by Gasteiger charge is 2.46. The molecule has 4 aromatic heterocycles. The minimum Gasteiger partial charge on any atom is -0.387 e. The highest BCUT2D eigenvalue weighted by molar-refractivity contribution is 8.07. The number of nitrogens with zero attached hydrogens (tertiary/aromatic N) is 8. The van der Waals surface area contributed by atoms with Crippen molar-refractivity contribution in [1.29, 1.82) is 0 Å². The summed E-state index contributed by atoms with van der Waals surface area (Å²) in [4.78, 5) is 64.9. The molecule has 31 heteroatoms. The molecule has 2 aliphatic heterocycles. The first-order chi connectivity index (χ1) is 25.3. The van der Waals surface area contributed by atoms with E-state index >= 15 is 0 Å². The summed E-state index contributed by atoms with van der Waals surface area (Å²) < 4.78 is 40.2. The summed E-state index contributed by atoms with van der Waals surface area (Å²) in [5.41, 5.74) is 12.5. The number of anilines is 2. The van der Waals surface area contributed by atoms with Gasteiger partial charge in [0.15, 0.2) is 35.4 Å². The number of hydrogen-bond donors (Lipinski definition) is 10. The van der Waals surface area contributed by atoms with Gasteiger partial charge in [0.1, 0.15) is 66.4 Å². The summed E-state index contributed by atoms with van der Waals surface area (Å²) in [7, 11) is 0. The second kappa shape index (κ2) is 16.5. The average molecular weight is 879 g/mol. The van der Waals surface area contributed by atoms with Gasteiger partial charge in [0.2, 0.25) is 0 Å². The van der Waals surface area contributed by atoms with Crippen LogP contribution >= 0.6 is 20.2 Å². The van der Waals surface area contributed by atoms with Gasteiger partial charge in [0.25, 0.3) is 0 Å². The Balaban J connectivity index is 1.01. The van der Waals surface area contributed by atoms with Gasteiger partial charge >= 0.3 is 20.2 Å². The summed E-state index contributed by atoms with van der Waals surface area (Å²) in [6.45, 7) is -15.5. The number of nitrogens with two attached hydrogens (primary N) is 2. The van der Waals surface area contributed by atoms with E-state index in [9.17, 15) is 40.0 Å². The molecule has 2 fully saturated rings. The molecule has 6 heterocycles. The van der Waals surface area contributed by atoms with Crippen molar-refractivity contribution in [2.45, 2.75) is 55.2 Å². The van der Waals surface area contributed by atoms with Crippen molar-refractivity contribution in [3.8, 4) is 0 Å². The number of fused-ring (bicyclic) bond motifs is 2. The van der Waals surface area contributed by atoms with Gasteiger partial charge in [-0.25, -0.2) is 29.9 Å². The van der Waals surface area contributed by atoms with Crippen LogP contribution in [0.4, 0.5) is 11.6 Å². The molecule has 2 saturated heterocycles. The van der Waals surface area contributed by atoms with Crippen molar-refractivity contribution in [3.05, 3.63) is 25.3 Å². The number of rotatable bonds is 16. The molecular weight excluding hydrogens is 845 g/mol. The Kier molecular flexibility index (Phi) is 12.7. The van der Waals surface area contributed by atoms with E-state index in [0.717, 1.165) is 0 Å². The number of nitrogen functional groups attached to an aromatic ring is 2. The van der Waals surface area contributed by atoms with Crippen LogP contribution in [-0.2, 0) is 67.5 Å². The average Bonchev–Trinajstić information content (AvgIpc) is 3.86. The van der Waals surface area contributed by atoms with Crippen LogP contribution in [0.5, 0.6) is 0 Å². The molecule has 0 saturated carbocycles. The monoisotopic (exact) mass is 878 g/mol. The molecule has 10 atom stereocenters. The second-order valence-corrected chi connectivity index (χ2v) is 19.9. The molecule has 2 aliphatic rings. The van der Waals surface area contributed by atoms with Crippen molar-refractivity contribution in [2.75, 3.05) is 37.9 Å². The maximum Gasteiger partial charge on any atom is 0.324 e. The van der Waals surface area contributed by atoms with Crippen molar-refractivity contribution >= 4 is 89.5 Å².